The molecule has 0 spiro atoms. The number of hydrogen-bond donors (Lipinski definition) is 1. The average Bonchev–Trinajstić information content (AvgIpc) is 3.08. The molecule has 0 aliphatic carbocycles. The molecule has 0 fully saturated rings. The van der Waals surface area contributed by atoms with Crippen molar-refractivity contribution >= 4 is 38.7 Å². The van der Waals surface area contributed by atoms with Crippen molar-refractivity contribution in [3.05, 3.63) is 44.7 Å². The summed E-state index contributed by atoms with van der Waals surface area (Å²) in [5, 5.41) is 13.4. The minimum atomic E-state index is -0.770. The molecule has 3 rings (SSSR count). The van der Waals surface area contributed by atoms with Gasteiger partial charge >= 0.3 is 5.97 Å². The lowest BCUT2D eigenvalue weighted by molar-refractivity contribution is -0.138. The number of fused-ring (bicyclic) bond motifs is 1. The van der Waals surface area contributed by atoms with Gasteiger partial charge in [0.2, 0.25) is 0 Å². The highest BCUT2D eigenvalue weighted by Crippen LogP contribution is 2.35. The average molecular weight is 361 g/mol. The Morgan fingerprint density at radius 2 is 2.17 bits per heavy atom. The molecule has 4 nitrogen and oxygen atoms in total. The van der Waals surface area contributed by atoms with E-state index in [1.165, 1.54) is 0 Å². The van der Waals surface area contributed by atoms with Gasteiger partial charge in [-0.2, -0.15) is 0 Å². The Morgan fingerprint density at radius 1 is 1.38 bits per heavy atom. The number of carboxylic acids is 1. The van der Waals surface area contributed by atoms with E-state index in [9.17, 15) is 9.90 Å². The smallest absolute Gasteiger partial charge is 0.311 e. The first-order valence-electron chi connectivity index (χ1n) is 7.79. The van der Waals surface area contributed by atoms with E-state index in [2.05, 4.69) is 4.98 Å². The molecule has 1 unspecified atom stereocenters. The molecule has 3 aromatic rings. The summed E-state index contributed by atoms with van der Waals surface area (Å²) in [6.45, 7) is 6.40. The fraction of sp³-hybridized carbons (Fsp3) is 0.333. The van der Waals surface area contributed by atoms with Crippen LogP contribution in [0.1, 0.15) is 40.4 Å². The third-order valence-corrected chi connectivity index (χ3v) is 6.04. The van der Waals surface area contributed by atoms with Gasteiger partial charge in [0.25, 0.3) is 0 Å². The first-order valence-corrected chi connectivity index (χ1v) is 9.48. The van der Waals surface area contributed by atoms with Crippen LogP contribution in [0.2, 0.25) is 0 Å². The van der Waals surface area contributed by atoms with Gasteiger partial charge in [-0.25, -0.2) is 4.98 Å². The number of nitrogens with zero attached hydrogens (tertiary/aromatic N) is 1. The van der Waals surface area contributed by atoms with Crippen LogP contribution < -0.4 is 4.74 Å². The number of aromatic nitrogens is 1. The first kappa shape index (κ1) is 16.9. The Bertz CT molecular complexity index is 882. The largest absolute Gasteiger partial charge is 0.488 e. The van der Waals surface area contributed by atoms with E-state index in [4.69, 9.17) is 4.74 Å². The molecule has 1 N–H and O–H groups in total. The topological polar surface area (TPSA) is 59.4 Å². The van der Waals surface area contributed by atoms with Crippen LogP contribution >= 0.6 is 22.7 Å². The predicted octanol–water partition coefficient (Wildman–Crippen LogP) is 5.13. The summed E-state index contributed by atoms with van der Waals surface area (Å²) < 4.78 is 6.95. The normalized spacial score (nSPS) is 12.5. The fourth-order valence-corrected chi connectivity index (χ4v) is 4.67. The maximum atomic E-state index is 11.4. The Hall–Kier alpha value is -1.92. The molecule has 0 saturated carbocycles. The second kappa shape index (κ2) is 6.91. The van der Waals surface area contributed by atoms with E-state index < -0.39 is 11.9 Å². The van der Waals surface area contributed by atoms with Crippen LogP contribution in [0.25, 0.3) is 10.1 Å². The molecule has 2 aromatic heterocycles. The summed E-state index contributed by atoms with van der Waals surface area (Å²) in [5.41, 5.74) is 1.91. The van der Waals surface area contributed by atoms with Crippen molar-refractivity contribution < 1.29 is 14.6 Å². The van der Waals surface area contributed by atoms with Gasteiger partial charge < -0.3 is 9.84 Å². The Kier molecular flexibility index (Phi) is 4.87. The number of carboxylic acid groups (broad SMARTS) is 1. The van der Waals surface area contributed by atoms with Crippen molar-refractivity contribution in [2.75, 3.05) is 0 Å². The SMILES string of the molecule is CCC(C(=O)O)c1csc2cc(OCc3sc(C)nc3C)ccc12. The van der Waals surface area contributed by atoms with Gasteiger partial charge in [0, 0.05) is 4.70 Å². The van der Waals surface area contributed by atoms with E-state index in [-0.39, 0.29) is 0 Å². The maximum absolute atomic E-state index is 11.4. The number of thiophene rings is 1. The zero-order chi connectivity index (χ0) is 17.3. The second-order valence-electron chi connectivity index (χ2n) is 5.68. The number of ether oxygens (including phenoxy) is 1. The van der Waals surface area contributed by atoms with Gasteiger partial charge in [-0.3, -0.25) is 4.79 Å². The van der Waals surface area contributed by atoms with Gasteiger partial charge in [0.1, 0.15) is 12.4 Å². The van der Waals surface area contributed by atoms with Crippen LogP contribution in [0.3, 0.4) is 0 Å². The van der Waals surface area contributed by atoms with Gasteiger partial charge in [-0.1, -0.05) is 6.92 Å². The number of aliphatic carboxylic acids is 1. The molecule has 0 radical (unpaired) electrons. The number of carbonyl (C=O) groups is 1. The van der Waals surface area contributed by atoms with Crippen molar-refractivity contribution in [2.24, 2.45) is 0 Å². The second-order valence-corrected chi connectivity index (χ2v) is 7.88. The minimum Gasteiger partial charge on any atom is -0.488 e. The fourth-order valence-electron chi connectivity index (χ4n) is 2.77. The lowest BCUT2D eigenvalue weighted by Gasteiger charge is -2.09. The Morgan fingerprint density at radius 3 is 2.79 bits per heavy atom. The van der Waals surface area contributed by atoms with Crippen LogP contribution in [-0.4, -0.2) is 16.1 Å². The monoisotopic (exact) mass is 361 g/mol. The van der Waals surface area contributed by atoms with Crippen molar-refractivity contribution in [2.45, 2.75) is 39.7 Å². The summed E-state index contributed by atoms with van der Waals surface area (Å²) >= 11 is 3.22. The third-order valence-electron chi connectivity index (χ3n) is 4.03. The summed E-state index contributed by atoms with van der Waals surface area (Å²) in [6, 6.07) is 5.87. The van der Waals surface area contributed by atoms with E-state index in [0.29, 0.717) is 13.0 Å². The molecule has 0 bridgehead atoms. The Balaban J connectivity index is 1.82. The maximum Gasteiger partial charge on any atom is 0.311 e. The van der Waals surface area contributed by atoms with Crippen molar-refractivity contribution in [3.63, 3.8) is 0 Å². The number of hydrogen-bond acceptors (Lipinski definition) is 5. The van der Waals surface area contributed by atoms with Crippen LogP contribution in [0.4, 0.5) is 0 Å². The predicted molar refractivity (Wildman–Crippen MR) is 98.4 cm³/mol. The molecule has 0 amide bonds. The summed E-state index contributed by atoms with van der Waals surface area (Å²) in [4.78, 5) is 17.0. The molecule has 1 atom stereocenters. The van der Waals surface area contributed by atoms with Crippen LogP contribution in [0.5, 0.6) is 5.75 Å². The highest BCUT2D eigenvalue weighted by molar-refractivity contribution is 7.17. The van der Waals surface area contributed by atoms with Crippen molar-refractivity contribution in [3.8, 4) is 5.75 Å². The standard InChI is InChI=1S/C18H19NO3S2/c1-4-13(18(20)21)15-9-23-16-7-12(5-6-14(15)16)22-8-17-10(2)19-11(3)24-17/h5-7,9,13H,4,8H2,1-3H3,(H,20,21). The third kappa shape index (κ3) is 3.30. The molecule has 0 aliphatic heterocycles. The molecular formula is C18H19NO3S2. The number of aryl methyl sites for hydroxylation is 2. The van der Waals surface area contributed by atoms with Gasteiger partial charge in [-0.15, -0.1) is 22.7 Å². The number of rotatable bonds is 6. The molecule has 6 heteroatoms. The van der Waals surface area contributed by atoms with Gasteiger partial charge in [0.05, 0.1) is 21.5 Å². The zero-order valence-corrected chi connectivity index (χ0v) is 15.5. The quantitative estimate of drug-likeness (QED) is 0.661. The number of benzene rings is 1. The summed E-state index contributed by atoms with van der Waals surface area (Å²) in [6.07, 6.45) is 0.587. The highest BCUT2D eigenvalue weighted by Gasteiger charge is 2.21. The molecule has 126 valence electrons. The molecule has 0 aliphatic rings. The highest BCUT2D eigenvalue weighted by atomic mass is 32.1. The van der Waals surface area contributed by atoms with Gasteiger partial charge in [0.15, 0.2) is 0 Å². The van der Waals surface area contributed by atoms with E-state index in [1.54, 1.807) is 22.7 Å². The summed E-state index contributed by atoms with van der Waals surface area (Å²) in [7, 11) is 0. The van der Waals surface area contributed by atoms with Crippen molar-refractivity contribution in [1.29, 1.82) is 0 Å². The lowest BCUT2D eigenvalue weighted by Crippen LogP contribution is -2.09. The van der Waals surface area contributed by atoms with Crippen LogP contribution in [0, 0.1) is 13.8 Å². The molecular weight excluding hydrogens is 342 g/mol. The van der Waals surface area contributed by atoms with Crippen LogP contribution in [-0.2, 0) is 11.4 Å². The minimum absolute atomic E-state index is 0.451. The molecule has 24 heavy (non-hydrogen) atoms. The lowest BCUT2D eigenvalue weighted by atomic mass is 9.96. The molecule has 0 saturated heterocycles. The Labute approximate surface area is 148 Å². The van der Waals surface area contributed by atoms with E-state index in [0.717, 1.165) is 37.0 Å². The number of thiazole rings is 1. The molecule has 2 heterocycles. The zero-order valence-electron chi connectivity index (χ0n) is 13.8. The molecule has 1 aromatic carbocycles. The summed E-state index contributed by atoms with van der Waals surface area (Å²) in [5.74, 6) is -0.424. The van der Waals surface area contributed by atoms with Gasteiger partial charge in [-0.05, 0) is 54.8 Å². The van der Waals surface area contributed by atoms with E-state index >= 15 is 0 Å². The van der Waals surface area contributed by atoms with E-state index in [1.807, 2.05) is 44.4 Å². The van der Waals surface area contributed by atoms with Crippen LogP contribution in [0.15, 0.2) is 23.6 Å². The van der Waals surface area contributed by atoms with Crippen molar-refractivity contribution in [1.82, 2.24) is 4.98 Å². The first-order chi connectivity index (χ1) is 11.5.